The molecule has 0 fully saturated rings. The second-order valence-corrected chi connectivity index (χ2v) is 13.6. The summed E-state index contributed by atoms with van der Waals surface area (Å²) in [5, 5.41) is 52.2. The molecule has 0 bridgehead atoms. The molecule has 0 amide bonds. The fourth-order valence-electron chi connectivity index (χ4n) is 7.30. The third kappa shape index (κ3) is 4.34. The Morgan fingerprint density at radius 3 is 1.69 bits per heavy atom. The minimum atomic E-state index is -0.756. The van der Waals surface area contributed by atoms with Gasteiger partial charge in [0.1, 0.15) is 0 Å². The molecule has 0 saturated carbocycles. The van der Waals surface area contributed by atoms with Gasteiger partial charge in [0.25, 0.3) is 0 Å². The Morgan fingerprint density at radius 1 is 0.417 bits per heavy atom. The Morgan fingerprint density at radius 2 is 0.979 bits per heavy atom. The first-order chi connectivity index (χ1) is 23.2. The predicted molar refractivity (Wildman–Crippen MR) is 206 cm³/mol. The van der Waals surface area contributed by atoms with E-state index in [1.165, 1.54) is 5.39 Å². The molecule has 0 radical (unpaired) electrons. The van der Waals surface area contributed by atoms with E-state index in [1.54, 1.807) is 0 Å². The van der Waals surface area contributed by atoms with Crippen LogP contribution in [-0.4, -0.2) is 20.4 Å². The van der Waals surface area contributed by atoms with E-state index in [0.717, 1.165) is 69.4 Å². The molecule has 0 aliphatic rings. The second-order valence-electron chi connectivity index (χ2n) is 12.5. The lowest BCUT2D eigenvalue weighted by Gasteiger charge is -2.25. The monoisotopic (exact) mass is 738 g/mol. The molecule has 0 atom stereocenters. The number of rotatable bonds is 3. The summed E-state index contributed by atoms with van der Waals surface area (Å²) in [6.45, 7) is 6.29. The zero-order valence-corrected chi connectivity index (χ0v) is 28.7. The molecule has 0 spiro atoms. The van der Waals surface area contributed by atoms with Crippen molar-refractivity contribution in [3.05, 3.63) is 129 Å². The molecule has 8 aromatic rings. The van der Waals surface area contributed by atoms with Crippen molar-refractivity contribution in [2.75, 3.05) is 0 Å². The SMILES string of the molecule is Cc1c(C)c(I)c2c(-c3cccc4ccccc34)c3c(O)c(O)c(O)c(O)c3c(-c3ccc(-c4ccc5ccccc5c4)cc3)c2c1C. The van der Waals surface area contributed by atoms with Crippen LogP contribution in [0, 0.1) is 24.3 Å². The third-order valence-electron chi connectivity index (χ3n) is 10.0. The Labute approximate surface area is 291 Å². The summed E-state index contributed by atoms with van der Waals surface area (Å²) in [6.07, 6.45) is 0. The van der Waals surface area contributed by atoms with E-state index < -0.39 is 23.0 Å². The van der Waals surface area contributed by atoms with E-state index in [4.69, 9.17) is 0 Å². The van der Waals surface area contributed by atoms with Crippen molar-refractivity contribution in [1.29, 1.82) is 0 Å². The van der Waals surface area contributed by atoms with Gasteiger partial charge in [0, 0.05) is 30.9 Å². The van der Waals surface area contributed by atoms with Gasteiger partial charge in [-0.2, -0.15) is 0 Å². The van der Waals surface area contributed by atoms with Gasteiger partial charge < -0.3 is 20.4 Å². The Bertz CT molecular complexity index is 2550. The normalized spacial score (nSPS) is 11.7. The molecule has 8 aromatic carbocycles. The molecule has 0 aliphatic heterocycles. The maximum Gasteiger partial charge on any atom is 0.204 e. The van der Waals surface area contributed by atoms with Gasteiger partial charge in [-0.25, -0.2) is 0 Å². The summed E-state index contributed by atoms with van der Waals surface area (Å²) < 4.78 is 1.01. The average molecular weight is 739 g/mol. The van der Waals surface area contributed by atoms with Crippen molar-refractivity contribution < 1.29 is 20.4 Å². The fraction of sp³-hybridized carbons (Fsp3) is 0.0698. The summed E-state index contributed by atoms with van der Waals surface area (Å²) in [5.41, 5.74) is 8.41. The van der Waals surface area contributed by atoms with Crippen LogP contribution in [0.1, 0.15) is 16.7 Å². The maximum atomic E-state index is 11.7. The molecule has 8 rings (SSSR count). The number of aryl methyl sites for hydroxylation is 1. The van der Waals surface area contributed by atoms with E-state index in [9.17, 15) is 20.4 Å². The molecule has 0 saturated heterocycles. The van der Waals surface area contributed by atoms with Crippen LogP contribution >= 0.6 is 22.6 Å². The predicted octanol–water partition coefficient (Wildman–Crippen LogP) is 11.7. The van der Waals surface area contributed by atoms with Crippen molar-refractivity contribution in [1.82, 2.24) is 0 Å². The molecule has 234 valence electrons. The van der Waals surface area contributed by atoms with E-state index in [0.29, 0.717) is 11.1 Å². The van der Waals surface area contributed by atoms with Crippen molar-refractivity contribution >= 4 is 65.7 Å². The molecular formula is C43H31IO4. The van der Waals surface area contributed by atoms with Gasteiger partial charge in [-0.15, -0.1) is 0 Å². The van der Waals surface area contributed by atoms with Crippen molar-refractivity contribution in [2.45, 2.75) is 20.8 Å². The number of phenols is 4. The zero-order chi connectivity index (χ0) is 33.4. The van der Waals surface area contributed by atoms with E-state index in [-0.39, 0.29) is 10.8 Å². The van der Waals surface area contributed by atoms with Crippen LogP contribution in [0.4, 0.5) is 0 Å². The summed E-state index contributed by atoms with van der Waals surface area (Å²) in [4.78, 5) is 0. The number of fused-ring (bicyclic) bond motifs is 4. The van der Waals surface area contributed by atoms with Crippen LogP contribution in [0.3, 0.4) is 0 Å². The molecule has 48 heavy (non-hydrogen) atoms. The third-order valence-corrected chi connectivity index (χ3v) is 11.4. The largest absolute Gasteiger partial charge is 0.504 e. The summed E-state index contributed by atoms with van der Waals surface area (Å²) in [7, 11) is 0. The highest BCUT2D eigenvalue weighted by Crippen LogP contribution is 2.58. The first-order valence-corrected chi connectivity index (χ1v) is 16.9. The lowest BCUT2D eigenvalue weighted by Crippen LogP contribution is -2.00. The van der Waals surface area contributed by atoms with Gasteiger partial charge in [-0.1, -0.05) is 103 Å². The van der Waals surface area contributed by atoms with Crippen LogP contribution < -0.4 is 0 Å². The zero-order valence-electron chi connectivity index (χ0n) is 26.6. The molecular weight excluding hydrogens is 707 g/mol. The number of hydrogen-bond acceptors (Lipinski definition) is 4. The van der Waals surface area contributed by atoms with Gasteiger partial charge in [-0.05, 0) is 115 Å². The molecule has 0 aliphatic carbocycles. The smallest absolute Gasteiger partial charge is 0.204 e. The Balaban J connectivity index is 1.54. The maximum absolute atomic E-state index is 11.7. The van der Waals surface area contributed by atoms with Crippen molar-refractivity contribution in [2.24, 2.45) is 0 Å². The molecule has 0 heterocycles. The average Bonchev–Trinajstić information content (AvgIpc) is 3.13. The number of aromatic hydroxyl groups is 4. The highest BCUT2D eigenvalue weighted by atomic mass is 127. The van der Waals surface area contributed by atoms with Gasteiger partial charge in [0.05, 0.1) is 0 Å². The van der Waals surface area contributed by atoms with E-state index >= 15 is 0 Å². The fourth-order valence-corrected chi connectivity index (χ4v) is 8.24. The number of phenolic OH excluding ortho intramolecular Hbond substituents is 4. The number of hydrogen-bond donors (Lipinski definition) is 4. The first kappa shape index (κ1) is 30.1. The Hall–Kier alpha value is -5.27. The van der Waals surface area contributed by atoms with Crippen LogP contribution in [-0.2, 0) is 0 Å². The van der Waals surface area contributed by atoms with E-state index in [1.807, 2.05) is 66.7 Å². The van der Waals surface area contributed by atoms with Crippen molar-refractivity contribution in [3.63, 3.8) is 0 Å². The molecule has 5 heteroatoms. The molecule has 0 unspecified atom stereocenters. The summed E-state index contributed by atoms with van der Waals surface area (Å²) in [6, 6.07) is 37.0. The van der Waals surface area contributed by atoms with Crippen LogP contribution in [0.2, 0.25) is 0 Å². The topological polar surface area (TPSA) is 80.9 Å². The van der Waals surface area contributed by atoms with Crippen molar-refractivity contribution in [3.8, 4) is 56.4 Å². The van der Waals surface area contributed by atoms with Crippen LogP contribution in [0.5, 0.6) is 23.0 Å². The molecule has 4 N–H and O–H groups in total. The van der Waals surface area contributed by atoms with Gasteiger partial charge in [0.2, 0.25) is 11.5 Å². The number of benzene rings is 8. The van der Waals surface area contributed by atoms with Gasteiger partial charge in [0.15, 0.2) is 11.5 Å². The van der Waals surface area contributed by atoms with Gasteiger partial charge >= 0.3 is 0 Å². The minimum Gasteiger partial charge on any atom is -0.504 e. The van der Waals surface area contributed by atoms with Crippen LogP contribution in [0.15, 0.2) is 109 Å². The quantitative estimate of drug-likeness (QED) is 0.0630. The Kier molecular flexibility index (Phi) is 7.00. The lowest BCUT2D eigenvalue weighted by molar-refractivity contribution is 0.351. The highest BCUT2D eigenvalue weighted by Gasteiger charge is 2.30. The minimum absolute atomic E-state index is 0.277. The van der Waals surface area contributed by atoms with Gasteiger partial charge in [-0.3, -0.25) is 0 Å². The second kappa shape index (κ2) is 11.2. The highest BCUT2D eigenvalue weighted by molar-refractivity contribution is 14.1. The van der Waals surface area contributed by atoms with Crippen LogP contribution in [0.25, 0.3) is 76.5 Å². The summed E-state index contributed by atoms with van der Waals surface area (Å²) >= 11 is 2.39. The lowest BCUT2D eigenvalue weighted by atomic mass is 9.80. The standard InChI is InChI=1S/C43H31IO4/c1-22-23(2)33-34(28-18-15-26(16-19-28)30-20-17-25-9-4-5-11-29(25)21-30)37-38(41(46)43(48)42(47)40(37)45)35(36(33)39(44)24(22)3)32-14-8-12-27-10-6-7-13-31(27)32/h4-21,45-48H,1-3H3. The first-order valence-electron chi connectivity index (χ1n) is 15.8. The summed E-state index contributed by atoms with van der Waals surface area (Å²) in [5.74, 6) is -2.47. The molecule has 4 nitrogen and oxygen atoms in total. The number of halogens is 1. The molecule has 0 aromatic heterocycles. The van der Waals surface area contributed by atoms with E-state index in [2.05, 4.69) is 85.8 Å².